The normalized spacial score (nSPS) is 18.2. The van der Waals surface area contributed by atoms with Crippen LogP contribution in [-0.4, -0.2) is 40.9 Å². The van der Waals surface area contributed by atoms with Gasteiger partial charge in [0.15, 0.2) is 5.78 Å². The van der Waals surface area contributed by atoms with E-state index in [1.165, 1.54) is 0 Å². The maximum absolute atomic E-state index is 11.7. The van der Waals surface area contributed by atoms with Gasteiger partial charge in [-0.3, -0.25) is 4.79 Å². The average Bonchev–Trinajstić information content (AvgIpc) is 2.76. The first-order chi connectivity index (χ1) is 10.0. The number of aliphatic hydroxyl groups is 1. The van der Waals surface area contributed by atoms with Crippen LogP contribution in [0.15, 0.2) is 34.9 Å². The quantitative estimate of drug-likeness (QED) is 0.696. The first-order valence-corrected chi connectivity index (χ1v) is 7.76. The summed E-state index contributed by atoms with van der Waals surface area (Å²) in [7, 11) is 0. The van der Waals surface area contributed by atoms with Crippen LogP contribution in [0.2, 0.25) is 0 Å². The summed E-state index contributed by atoms with van der Waals surface area (Å²) in [6.07, 6.45) is 0. The minimum absolute atomic E-state index is 0.0709. The second-order valence-electron chi connectivity index (χ2n) is 4.96. The predicted octanol–water partition coefficient (Wildman–Crippen LogP) is 1.87. The molecule has 2 rings (SSSR count). The number of carbonyl (C=O) groups is 1. The highest BCUT2D eigenvalue weighted by atomic mass is 32.2. The van der Waals surface area contributed by atoms with Crippen LogP contribution in [0, 0.1) is 0 Å². The molecule has 21 heavy (non-hydrogen) atoms. The van der Waals surface area contributed by atoms with Gasteiger partial charge in [-0.2, -0.15) is 0 Å². The molecule has 1 atom stereocenters. The Hall–Kier alpha value is -1.66. The Morgan fingerprint density at radius 3 is 2.67 bits per heavy atom. The van der Waals surface area contributed by atoms with E-state index >= 15 is 0 Å². The zero-order valence-corrected chi connectivity index (χ0v) is 13.1. The lowest BCUT2D eigenvalue weighted by atomic mass is 10.3. The number of allylic oxidation sites excluding steroid dienone is 2. The number of hydrogen-bond acceptors (Lipinski definition) is 6. The van der Waals surface area contributed by atoms with E-state index < -0.39 is 0 Å². The van der Waals surface area contributed by atoms with Crippen molar-refractivity contribution < 1.29 is 9.90 Å². The molecule has 0 aromatic heterocycles. The first-order valence-electron chi connectivity index (χ1n) is 6.88. The minimum atomic E-state index is 0.0709. The molecule has 6 heteroatoms. The first kappa shape index (κ1) is 15.7. The standard InChI is InChI=1S/C15H21N3O2S/c1-10-15(11(2)20)21-14(18(10)7-8-19)9-17-13-5-3-12(16)4-6-13/h3-6,14,17,19H,7-9,16H2,1-2H3. The Morgan fingerprint density at radius 2 is 2.10 bits per heavy atom. The lowest BCUT2D eigenvalue weighted by Crippen LogP contribution is -2.35. The number of ketones is 1. The van der Waals surface area contributed by atoms with Crippen LogP contribution in [0.25, 0.3) is 0 Å². The van der Waals surface area contributed by atoms with Crippen molar-refractivity contribution in [3.8, 4) is 0 Å². The SMILES string of the molecule is CC(=O)C1=C(C)N(CCO)C(CNc2ccc(N)cc2)S1. The second-order valence-corrected chi connectivity index (χ2v) is 6.15. The maximum Gasteiger partial charge on any atom is 0.167 e. The van der Waals surface area contributed by atoms with E-state index in [0.29, 0.717) is 13.1 Å². The molecular weight excluding hydrogens is 286 g/mol. The van der Waals surface area contributed by atoms with Gasteiger partial charge in [0.05, 0.1) is 16.9 Å². The lowest BCUT2D eigenvalue weighted by molar-refractivity contribution is -0.113. The van der Waals surface area contributed by atoms with Crippen LogP contribution in [0.5, 0.6) is 0 Å². The van der Waals surface area contributed by atoms with Gasteiger partial charge in [0, 0.05) is 30.2 Å². The smallest absolute Gasteiger partial charge is 0.167 e. The highest BCUT2D eigenvalue weighted by molar-refractivity contribution is 8.04. The van der Waals surface area contributed by atoms with Gasteiger partial charge in [-0.15, -0.1) is 0 Å². The summed E-state index contributed by atoms with van der Waals surface area (Å²) >= 11 is 1.56. The maximum atomic E-state index is 11.7. The monoisotopic (exact) mass is 307 g/mol. The van der Waals surface area contributed by atoms with Crippen molar-refractivity contribution in [2.45, 2.75) is 19.2 Å². The summed E-state index contributed by atoms with van der Waals surface area (Å²) in [5.74, 6) is 0.0791. The number of hydrogen-bond donors (Lipinski definition) is 3. The molecule has 1 aromatic carbocycles. The molecule has 0 saturated heterocycles. The van der Waals surface area contributed by atoms with Crippen LogP contribution in [0.1, 0.15) is 13.8 Å². The summed E-state index contributed by atoms with van der Waals surface area (Å²) < 4.78 is 0. The highest BCUT2D eigenvalue weighted by Gasteiger charge is 2.31. The lowest BCUT2D eigenvalue weighted by Gasteiger charge is -2.27. The van der Waals surface area contributed by atoms with Crippen molar-refractivity contribution >= 4 is 28.9 Å². The molecule has 0 aliphatic carbocycles. The van der Waals surface area contributed by atoms with E-state index in [4.69, 9.17) is 5.73 Å². The highest BCUT2D eigenvalue weighted by Crippen LogP contribution is 2.38. The number of nitrogens with one attached hydrogen (secondary N) is 1. The molecule has 0 saturated carbocycles. The summed E-state index contributed by atoms with van der Waals surface area (Å²) in [5, 5.41) is 12.7. The molecule has 0 spiro atoms. The Kier molecular flexibility index (Phi) is 5.14. The second kappa shape index (κ2) is 6.87. The van der Waals surface area contributed by atoms with Gasteiger partial charge in [-0.05, 0) is 38.1 Å². The van der Waals surface area contributed by atoms with Gasteiger partial charge in [0.2, 0.25) is 0 Å². The van der Waals surface area contributed by atoms with Gasteiger partial charge in [0.25, 0.3) is 0 Å². The van der Waals surface area contributed by atoms with Crippen molar-refractivity contribution in [3.63, 3.8) is 0 Å². The number of Topliss-reactive ketones (excluding diaryl/α,β-unsaturated/α-hetero) is 1. The zero-order valence-electron chi connectivity index (χ0n) is 12.3. The van der Waals surface area contributed by atoms with Crippen molar-refractivity contribution in [1.82, 2.24) is 4.90 Å². The molecule has 1 heterocycles. The molecular formula is C15H21N3O2S. The van der Waals surface area contributed by atoms with Crippen molar-refractivity contribution in [2.24, 2.45) is 0 Å². The fourth-order valence-electron chi connectivity index (χ4n) is 2.35. The summed E-state index contributed by atoms with van der Waals surface area (Å²) in [6, 6.07) is 7.55. The van der Waals surface area contributed by atoms with E-state index in [2.05, 4.69) is 10.2 Å². The summed E-state index contributed by atoms with van der Waals surface area (Å²) in [6.45, 7) is 4.80. The molecule has 0 fully saturated rings. The molecule has 0 bridgehead atoms. The number of carbonyl (C=O) groups excluding carboxylic acids is 1. The van der Waals surface area contributed by atoms with Crippen molar-refractivity contribution in [2.75, 3.05) is 30.7 Å². The Balaban J connectivity index is 2.02. The number of nitrogen functional groups attached to an aromatic ring is 1. The molecule has 0 amide bonds. The van der Waals surface area contributed by atoms with Crippen LogP contribution in [0.3, 0.4) is 0 Å². The molecule has 0 radical (unpaired) electrons. The summed E-state index contributed by atoms with van der Waals surface area (Å²) in [5.41, 5.74) is 8.33. The van der Waals surface area contributed by atoms with E-state index in [1.54, 1.807) is 18.7 Å². The summed E-state index contributed by atoms with van der Waals surface area (Å²) in [4.78, 5) is 14.5. The number of benzene rings is 1. The van der Waals surface area contributed by atoms with Crippen LogP contribution >= 0.6 is 11.8 Å². The zero-order chi connectivity index (χ0) is 15.4. The van der Waals surface area contributed by atoms with Gasteiger partial charge in [-0.1, -0.05) is 11.8 Å². The molecule has 1 unspecified atom stereocenters. The van der Waals surface area contributed by atoms with E-state index in [1.807, 2.05) is 31.2 Å². The van der Waals surface area contributed by atoms with Gasteiger partial charge in [-0.25, -0.2) is 0 Å². The third kappa shape index (κ3) is 3.71. The molecule has 4 N–H and O–H groups in total. The van der Waals surface area contributed by atoms with Crippen LogP contribution in [-0.2, 0) is 4.79 Å². The number of nitrogens with zero attached hydrogens (tertiary/aromatic N) is 1. The largest absolute Gasteiger partial charge is 0.399 e. The number of thioether (sulfide) groups is 1. The van der Waals surface area contributed by atoms with Crippen molar-refractivity contribution in [1.29, 1.82) is 0 Å². The van der Waals surface area contributed by atoms with Gasteiger partial charge < -0.3 is 21.1 Å². The predicted molar refractivity (Wildman–Crippen MR) is 87.9 cm³/mol. The molecule has 114 valence electrons. The molecule has 5 nitrogen and oxygen atoms in total. The van der Waals surface area contributed by atoms with E-state index in [-0.39, 0.29) is 17.8 Å². The van der Waals surface area contributed by atoms with E-state index in [9.17, 15) is 9.90 Å². The van der Waals surface area contributed by atoms with Crippen LogP contribution in [0.4, 0.5) is 11.4 Å². The minimum Gasteiger partial charge on any atom is -0.399 e. The Bertz CT molecular complexity index is 542. The third-order valence-corrected chi connectivity index (χ3v) is 4.92. The fourth-order valence-corrected chi connectivity index (χ4v) is 3.63. The Morgan fingerprint density at radius 1 is 1.43 bits per heavy atom. The number of β-amino-alcohol motifs (C(OH)–C–C–N with tert-alkyl or cyclic N) is 1. The van der Waals surface area contributed by atoms with E-state index in [0.717, 1.165) is 22.0 Å². The molecule has 1 aliphatic rings. The number of anilines is 2. The molecule has 1 aromatic rings. The number of rotatable bonds is 6. The fraction of sp³-hybridized carbons (Fsp3) is 0.400. The number of nitrogens with two attached hydrogens (primary N) is 1. The van der Waals surface area contributed by atoms with Crippen LogP contribution < -0.4 is 11.1 Å². The van der Waals surface area contributed by atoms with Crippen molar-refractivity contribution in [3.05, 3.63) is 34.9 Å². The average molecular weight is 307 g/mol. The van der Waals surface area contributed by atoms with Gasteiger partial charge in [0.1, 0.15) is 0 Å². The Labute approximate surface area is 129 Å². The topological polar surface area (TPSA) is 78.6 Å². The number of aliphatic hydroxyl groups excluding tert-OH is 1. The molecule has 1 aliphatic heterocycles. The third-order valence-electron chi connectivity index (χ3n) is 3.41. The van der Waals surface area contributed by atoms with Gasteiger partial charge >= 0.3 is 0 Å².